The van der Waals surface area contributed by atoms with Gasteiger partial charge in [-0.3, -0.25) is 4.79 Å². The van der Waals surface area contributed by atoms with E-state index in [0.29, 0.717) is 16.4 Å². The topological polar surface area (TPSA) is 64.3 Å². The molecule has 0 spiro atoms. The number of nitrogen functional groups attached to an aromatic ring is 1. The first-order valence-electron chi connectivity index (χ1n) is 6.11. The van der Waals surface area contributed by atoms with Crippen LogP contribution in [-0.4, -0.2) is 18.6 Å². The van der Waals surface area contributed by atoms with Gasteiger partial charge in [0.2, 0.25) is 5.91 Å². The van der Waals surface area contributed by atoms with Gasteiger partial charge in [0.05, 0.1) is 17.5 Å². The fourth-order valence-electron chi connectivity index (χ4n) is 2.08. The molecule has 0 atom stereocenters. The Balaban J connectivity index is 1.82. The third kappa shape index (κ3) is 3.62. The van der Waals surface area contributed by atoms with Gasteiger partial charge in [-0.05, 0) is 31.0 Å². The van der Waals surface area contributed by atoms with Crippen LogP contribution in [0.1, 0.15) is 25.7 Å². The Morgan fingerprint density at radius 2 is 2.17 bits per heavy atom. The molecule has 0 radical (unpaired) electrons. The summed E-state index contributed by atoms with van der Waals surface area (Å²) < 4.78 is 5.52. The summed E-state index contributed by atoms with van der Waals surface area (Å²) in [6.45, 7) is 0.0761. The van der Waals surface area contributed by atoms with Crippen molar-refractivity contribution in [3.05, 3.63) is 23.2 Å². The summed E-state index contributed by atoms with van der Waals surface area (Å²) in [4.78, 5) is 11.7. The van der Waals surface area contributed by atoms with Crippen LogP contribution in [0.3, 0.4) is 0 Å². The molecule has 4 nitrogen and oxygen atoms in total. The van der Waals surface area contributed by atoms with Crippen LogP contribution < -0.4 is 11.1 Å². The number of nitrogens with one attached hydrogen (secondary N) is 1. The number of ether oxygens (including phenoxy) is 1. The normalized spacial score (nSPS) is 15.8. The van der Waals surface area contributed by atoms with Gasteiger partial charge in [-0.15, -0.1) is 0 Å². The minimum absolute atomic E-state index is 0.0761. The monoisotopic (exact) mass is 268 g/mol. The minimum atomic E-state index is -0.184. The van der Waals surface area contributed by atoms with Crippen molar-refractivity contribution in [2.75, 3.05) is 17.7 Å². The molecular formula is C13H17ClN2O2. The maximum atomic E-state index is 11.7. The molecule has 5 heteroatoms. The molecule has 2 rings (SSSR count). The molecule has 0 saturated heterocycles. The molecule has 98 valence electrons. The Kier molecular flexibility index (Phi) is 4.44. The molecule has 0 aliphatic heterocycles. The van der Waals surface area contributed by atoms with Crippen molar-refractivity contribution in [1.82, 2.24) is 0 Å². The minimum Gasteiger partial charge on any atom is -0.397 e. The molecule has 1 amide bonds. The van der Waals surface area contributed by atoms with E-state index in [1.165, 1.54) is 12.8 Å². The molecule has 1 saturated carbocycles. The predicted octanol–water partition coefficient (Wildman–Crippen LogP) is 2.82. The zero-order chi connectivity index (χ0) is 13.0. The Morgan fingerprint density at radius 1 is 1.44 bits per heavy atom. The second-order valence-electron chi connectivity index (χ2n) is 4.50. The van der Waals surface area contributed by atoms with E-state index in [1.54, 1.807) is 18.2 Å². The van der Waals surface area contributed by atoms with E-state index in [4.69, 9.17) is 22.1 Å². The van der Waals surface area contributed by atoms with Gasteiger partial charge in [0.15, 0.2) is 0 Å². The summed E-state index contributed by atoms with van der Waals surface area (Å²) in [7, 11) is 0. The average Bonchev–Trinajstić information content (AvgIpc) is 2.83. The predicted molar refractivity (Wildman–Crippen MR) is 72.7 cm³/mol. The number of benzene rings is 1. The molecular weight excluding hydrogens is 252 g/mol. The second kappa shape index (κ2) is 6.07. The van der Waals surface area contributed by atoms with E-state index in [-0.39, 0.29) is 18.6 Å². The van der Waals surface area contributed by atoms with Gasteiger partial charge < -0.3 is 15.8 Å². The first-order valence-corrected chi connectivity index (χ1v) is 6.49. The maximum absolute atomic E-state index is 11.7. The highest BCUT2D eigenvalue weighted by molar-refractivity contribution is 6.31. The van der Waals surface area contributed by atoms with Crippen LogP contribution in [0.5, 0.6) is 0 Å². The summed E-state index contributed by atoms with van der Waals surface area (Å²) in [6, 6.07) is 4.98. The van der Waals surface area contributed by atoms with Crippen molar-refractivity contribution in [2.45, 2.75) is 31.8 Å². The van der Waals surface area contributed by atoms with E-state index in [2.05, 4.69) is 5.32 Å². The molecule has 1 aromatic carbocycles. The SMILES string of the molecule is Nc1cc(Cl)ccc1NC(=O)COC1CCCC1. The summed E-state index contributed by atoms with van der Waals surface area (Å²) in [5.74, 6) is -0.184. The van der Waals surface area contributed by atoms with Crippen molar-refractivity contribution < 1.29 is 9.53 Å². The Bertz CT molecular complexity index is 431. The number of rotatable bonds is 4. The summed E-state index contributed by atoms with van der Waals surface area (Å²) in [5.41, 5.74) is 6.77. The van der Waals surface area contributed by atoms with Crippen LogP contribution in [0.25, 0.3) is 0 Å². The van der Waals surface area contributed by atoms with Crippen molar-refractivity contribution in [2.24, 2.45) is 0 Å². The number of amides is 1. The lowest BCUT2D eigenvalue weighted by Crippen LogP contribution is -2.22. The van der Waals surface area contributed by atoms with Crippen LogP contribution >= 0.6 is 11.6 Å². The smallest absolute Gasteiger partial charge is 0.250 e. The van der Waals surface area contributed by atoms with Gasteiger partial charge >= 0.3 is 0 Å². The molecule has 0 unspecified atom stereocenters. The third-order valence-electron chi connectivity index (χ3n) is 3.04. The highest BCUT2D eigenvalue weighted by Gasteiger charge is 2.16. The first-order chi connectivity index (χ1) is 8.65. The lowest BCUT2D eigenvalue weighted by molar-refractivity contribution is -0.122. The molecule has 1 aliphatic carbocycles. The zero-order valence-corrected chi connectivity index (χ0v) is 10.9. The van der Waals surface area contributed by atoms with Crippen molar-refractivity contribution >= 4 is 28.9 Å². The number of hydrogen-bond acceptors (Lipinski definition) is 3. The van der Waals surface area contributed by atoms with E-state index in [1.807, 2.05) is 0 Å². The van der Waals surface area contributed by atoms with Crippen molar-refractivity contribution in [3.8, 4) is 0 Å². The zero-order valence-electron chi connectivity index (χ0n) is 10.1. The highest BCUT2D eigenvalue weighted by Crippen LogP contribution is 2.23. The van der Waals surface area contributed by atoms with Gasteiger partial charge in [-0.2, -0.15) is 0 Å². The van der Waals surface area contributed by atoms with E-state index < -0.39 is 0 Å². The standard InChI is InChI=1S/C13H17ClN2O2/c14-9-5-6-12(11(15)7-9)16-13(17)8-18-10-3-1-2-4-10/h5-7,10H,1-4,8,15H2,(H,16,17). The Morgan fingerprint density at radius 3 is 2.83 bits per heavy atom. The largest absolute Gasteiger partial charge is 0.397 e. The highest BCUT2D eigenvalue weighted by atomic mass is 35.5. The first kappa shape index (κ1) is 13.2. The fraction of sp³-hybridized carbons (Fsp3) is 0.462. The van der Waals surface area contributed by atoms with E-state index in [9.17, 15) is 4.79 Å². The molecule has 0 bridgehead atoms. The number of carbonyl (C=O) groups excluding carboxylic acids is 1. The summed E-state index contributed by atoms with van der Waals surface area (Å²) >= 11 is 5.78. The van der Waals surface area contributed by atoms with Gasteiger partial charge in [-0.1, -0.05) is 24.4 Å². The van der Waals surface area contributed by atoms with Crippen LogP contribution in [0.15, 0.2) is 18.2 Å². The third-order valence-corrected chi connectivity index (χ3v) is 3.28. The summed E-state index contributed by atoms with van der Waals surface area (Å²) in [5, 5.41) is 3.26. The number of carbonyl (C=O) groups is 1. The number of halogens is 1. The number of nitrogens with two attached hydrogens (primary N) is 1. The quantitative estimate of drug-likeness (QED) is 0.826. The molecule has 1 aliphatic rings. The van der Waals surface area contributed by atoms with Gasteiger partial charge in [0, 0.05) is 5.02 Å². The molecule has 18 heavy (non-hydrogen) atoms. The van der Waals surface area contributed by atoms with Crippen molar-refractivity contribution in [1.29, 1.82) is 0 Å². The molecule has 0 heterocycles. The Labute approximate surface area is 111 Å². The van der Waals surface area contributed by atoms with Crippen LogP contribution in [0.2, 0.25) is 5.02 Å². The van der Waals surface area contributed by atoms with E-state index >= 15 is 0 Å². The van der Waals surface area contributed by atoms with Gasteiger partial charge in [0.1, 0.15) is 6.61 Å². The van der Waals surface area contributed by atoms with Crippen LogP contribution in [0.4, 0.5) is 11.4 Å². The fourth-order valence-corrected chi connectivity index (χ4v) is 2.26. The maximum Gasteiger partial charge on any atom is 0.250 e. The van der Waals surface area contributed by atoms with Crippen molar-refractivity contribution in [3.63, 3.8) is 0 Å². The second-order valence-corrected chi connectivity index (χ2v) is 4.93. The lowest BCUT2D eigenvalue weighted by Gasteiger charge is -2.12. The number of anilines is 2. The lowest BCUT2D eigenvalue weighted by atomic mass is 10.2. The van der Waals surface area contributed by atoms with Crippen LogP contribution in [0, 0.1) is 0 Å². The summed E-state index contributed by atoms with van der Waals surface area (Å²) in [6.07, 6.45) is 4.72. The average molecular weight is 269 g/mol. The van der Waals surface area contributed by atoms with Crippen LogP contribution in [-0.2, 0) is 9.53 Å². The molecule has 1 fully saturated rings. The molecule has 3 N–H and O–H groups in total. The van der Waals surface area contributed by atoms with E-state index in [0.717, 1.165) is 12.8 Å². The molecule has 1 aromatic rings. The Hall–Kier alpha value is -1.26. The molecule has 0 aromatic heterocycles. The van der Waals surface area contributed by atoms with Gasteiger partial charge in [0.25, 0.3) is 0 Å². The van der Waals surface area contributed by atoms with Gasteiger partial charge in [-0.25, -0.2) is 0 Å². The number of hydrogen-bond donors (Lipinski definition) is 2.